The molecule has 0 saturated heterocycles. The van der Waals surface area contributed by atoms with Crippen LogP contribution in [0.2, 0.25) is 5.02 Å². The molecule has 0 saturated carbocycles. The average Bonchev–Trinajstić information content (AvgIpc) is 2.42. The van der Waals surface area contributed by atoms with Crippen LogP contribution in [0.15, 0.2) is 34.8 Å². The van der Waals surface area contributed by atoms with Gasteiger partial charge in [0.2, 0.25) is 0 Å². The van der Waals surface area contributed by atoms with Crippen molar-refractivity contribution in [1.82, 2.24) is 0 Å². The highest BCUT2D eigenvalue weighted by Crippen LogP contribution is 2.33. The zero-order valence-corrected chi connectivity index (χ0v) is 13.9. The SMILES string of the molecule is COC(=O)c1cc(N)cc(Cl)c1Nc1ccc(Br)cc1C. The summed E-state index contributed by atoms with van der Waals surface area (Å²) < 4.78 is 5.75. The van der Waals surface area contributed by atoms with Crippen molar-refractivity contribution in [3.63, 3.8) is 0 Å². The average molecular weight is 370 g/mol. The minimum absolute atomic E-state index is 0.296. The Morgan fingerprint density at radius 2 is 2.05 bits per heavy atom. The van der Waals surface area contributed by atoms with Crippen LogP contribution in [0.1, 0.15) is 15.9 Å². The summed E-state index contributed by atoms with van der Waals surface area (Å²) in [5, 5.41) is 3.53. The van der Waals surface area contributed by atoms with Crippen LogP contribution in [0.5, 0.6) is 0 Å². The molecule has 2 rings (SSSR count). The van der Waals surface area contributed by atoms with E-state index >= 15 is 0 Å². The lowest BCUT2D eigenvalue weighted by molar-refractivity contribution is 0.0602. The summed E-state index contributed by atoms with van der Waals surface area (Å²) in [6.45, 7) is 1.95. The van der Waals surface area contributed by atoms with Gasteiger partial charge in [-0.1, -0.05) is 27.5 Å². The number of anilines is 3. The van der Waals surface area contributed by atoms with Crippen LogP contribution in [-0.4, -0.2) is 13.1 Å². The summed E-state index contributed by atoms with van der Waals surface area (Å²) in [6, 6.07) is 8.88. The molecule has 0 heterocycles. The van der Waals surface area contributed by atoms with E-state index < -0.39 is 5.97 Å². The highest BCUT2D eigenvalue weighted by Gasteiger charge is 2.17. The Bertz CT molecular complexity index is 704. The Hall–Kier alpha value is -1.72. The Balaban J connectivity index is 2.50. The number of nitrogens with two attached hydrogens (primary N) is 1. The van der Waals surface area contributed by atoms with Crippen LogP contribution in [0.3, 0.4) is 0 Å². The summed E-state index contributed by atoms with van der Waals surface area (Å²) in [6.07, 6.45) is 0. The third-order valence-electron chi connectivity index (χ3n) is 2.97. The van der Waals surface area contributed by atoms with Crippen molar-refractivity contribution in [2.45, 2.75) is 6.92 Å². The molecule has 110 valence electrons. The van der Waals surface area contributed by atoms with Gasteiger partial charge in [0.25, 0.3) is 0 Å². The Kier molecular flexibility index (Phi) is 4.75. The van der Waals surface area contributed by atoms with Crippen LogP contribution in [0.4, 0.5) is 17.1 Å². The molecular weight excluding hydrogens is 356 g/mol. The van der Waals surface area contributed by atoms with Gasteiger partial charge in [-0.25, -0.2) is 4.79 Å². The second kappa shape index (κ2) is 6.37. The first kappa shape index (κ1) is 15.7. The molecule has 0 spiro atoms. The van der Waals surface area contributed by atoms with Gasteiger partial charge in [-0.2, -0.15) is 0 Å². The lowest BCUT2D eigenvalue weighted by Crippen LogP contribution is -2.08. The molecule has 0 amide bonds. The number of ether oxygens (including phenoxy) is 1. The smallest absolute Gasteiger partial charge is 0.340 e. The fourth-order valence-corrected chi connectivity index (χ4v) is 2.68. The van der Waals surface area contributed by atoms with E-state index in [4.69, 9.17) is 22.1 Å². The molecule has 0 aliphatic carbocycles. The Morgan fingerprint density at radius 1 is 1.33 bits per heavy atom. The van der Waals surface area contributed by atoms with Crippen LogP contribution in [0.25, 0.3) is 0 Å². The second-order valence-electron chi connectivity index (χ2n) is 4.50. The molecule has 0 radical (unpaired) electrons. The first-order valence-corrected chi connectivity index (χ1v) is 7.30. The molecule has 4 nitrogen and oxygen atoms in total. The molecule has 6 heteroatoms. The minimum atomic E-state index is -0.499. The van der Waals surface area contributed by atoms with E-state index in [9.17, 15) is 4.79 Å². The topological polar surface area (TPSA) is 64.3 Å². The molecule has 3 N–H and O–H groups in total. The Morgan fingerprint density at radius 3 is 2.67 bits per heavy atom. The largest absolute Gasteiger partial charge is 0.465 e. The van der Waals surface area contributed by atoms with Crippen LogP contribution < -0.4 is 11.1 Å². The van der Waals surface area contributed by atoms with Crippen molar-refractivity contribution in [2.75, 3.05) is 18.2 Å². The number of halogens is 2. The quantitative estimate of drug-likeness (QED) is 0.616. The molecule has 2 aromatic rings. The van der Waals surface area contributed by atoms with Crippen LogP contribution in [0, 0.1) is 6.92 Å². The third kappa shape index (κ3) is 3.49. The summed E-state index contributed by atoms with van der Waals surface area (Å²) in [5.41, 5.74) is 8.76. The van der Waals surface area contributed by atoms with E-state index in [1.165, 1.54) is 13.2 Å². The van der Waals surface area contributed by atoms with Crippen molar-refractivity contribution in [1.29, 1.82) is 0 Å². The van der Waals surface area contributed by atoms with Crippen LogP contribution in [-0.2, 0) is 4.74 Å². The van der Waals surface area contributed by atoms with Gasteiger partial charge in [-0.15, -0.1) is 0 Å². The zero-order chi connectivity index (χ0) is 15.6. The number of carbonyl (C=O) groups is 1. The number of hydrogen-bond donors (Lipinski definition) is 2. The maximum atomic E-state index is 11.9. The molecule has 0 bridgehead atoms. The molecule has 0 unspecified atom stereocenters. The fraction of sp³-hybridized carbons (Fsp3) is 0.133. The lowest BCUT2D eigenvalue weighted by Gasteiger charge is -2.15. The van der Waals surface area contributed by atoms with Crippen molar-refractivity contribution < 1.29 is 9.53 Å². The van der Waals surface area contributed by atoms with Crippen molar-refractivity contribution in [2.24, 2.45) is 0 Å². The van der Waals surface area contributed by atoms with E-state index in [0.717, 1.165) is 15.7 Å². The summed E-state index contributed by atoms with van der Waals surface area (Å²) in [7, 11) is 1.31. The van der Waals surface area contributed by atoms with Crippen molar-refractivity contribution in [3.05, 3.63) is 51.0 Å². The van der Waals surface area contributed by atoms with Gasteiger partial charge < -0.3 is 15.8 Å². The number of nitrogens with one attached hydrogen (secondary N) is 1. The van der Waals surface area contributed by atoms with Crippen LogP contribution >= 0.6 is 27.5 Å². The van der Waals surface area contributed by atoms with Gasteiger partial charge in [-0.05, 0) is 42.8 Å². The lowest BCUT2D eigenvalue weighted by atomic mass is 10.1. The monoisotopic (exact) mass is 368 g/mol. The predicted molar refractivity (Wildman–Crippen MR) is 89.4 cm³/mol. The van der Waals surface area contributed by atoms with Crippen molar-refractivity contribution >= 4 is 50.6 Å². The first-order valence-electron chi connectivity index (χ1n) is 6.13. The summed E-state index contributed by atoms with van der Waals surface area (Å²) in [4.78, 5) is 11.9. The number of esters is 1. The second-order valence-corrected chi connectivity index (χ2v) is 5.82. The van der Waals surface area contributed by atoms with E-state index in [2.05, 4.69) is 21.2 Å². The third-order valence-corrected chi connectivity index (χ3v) is 3.76. The normalized spacial score (nSPS) is 10.3. The molecule has 0 aliphatic rings. The summed E-state index contributed by atoms with van der Waals surface area (Å²) in [5.74, 6) is -0.499. The number of benzene rings is 2. The molecular formula is C15H14BrClN2O2. The minimum Gasteiger partial charge on any atom is -0.465 e. The van der Waals surface area contributed by atoms with Gasteiger partial charge in [0, 0.05) is 15.8 Å². The molecule has 0 aliphatic heterocycles. The number of hydrogen-bond acceptors (Lipinski definition) is 4. The zero-order valence-electron chi connectivity index (χ0n) is 11.5. The predicted octanol–water partition coefficient (Wildman–Crippen LogP) is 4.52. The van der Waals surface area contributed by atoms with Gasteiger partial charge in [-0.3, -0.25) is 0 Å². The standard InChI is InChI=1S/C15H14BrClN2O2/c1-8-5-9(16)3-4-13(8)19-14-11(15(20)21-2)6-10(18)7-12(14)17/h3-7,19H,18H2,1-2H3. The number of methoxy groups -OCH3 is 1. The van der Waals surface area contributed by atoms with E-state index in [1.54, 1.807) is 6.07 Å². The number of aryl methyl sites for hydroxylation is 1. The van der Waals surface area contributed by atoms with E-state index in [0.29, 0.717) is 22.0 Å². The van der Waals surface area contributed by atoms with Gasteiger partial charge >= 0.3 is 5.97 Å². The van der Waals surface area contributed by atoms with Gasteiger partial charge in [0.05, 0.1) is 23.4 Å². The molecule has 21 heavy (non-hydrogen) atoms. The fourth-order valence-electron chi connectivity index (χ4n) is 1.93. The summed E-state index contributed by atoms with van der Waals surface area (Å²) >= 11 is 9.62. The van der Waals surface area contributed by atoms with Gasteiger partial charge in [0.1, 0.15) is 0 Å². The highest BCUT2D eigenvalue weighted by atomic mass is 79.9. The molecule has 0 fully saturated rings. The molecule has 0 aromatic heterocycles. The van der Waals surface area contributed by atoms with Gasteiger partial charge in [0.15, 0.2) is 0 Å². The maximum absolute atomic E-state index is 11.9. The Labute approximate surface area is 136 Å². The molecule has 0 atom stereocenters. The number of rotatable bonds is 3. The van der Waals surface area contributed by atoms with E-state index in [-0.39, 0.29) is 0 Å². The van der Waals surface area contributed by atoms with Crippen molar-refractivity contribution in [3.8, 4) is 0 Å². The van der Waals surface area contributed by atoms with E-state index in [1.807, 2.05) is 25.1 Å². The first-order chi connectivity index (χ1) is 9.92. The number of carbonyl (C=O) groups excluding carboxylic acids is 1. The maximum Gasteiger partial charge on any atom is 0.340 e. The number of nitrogen functional groups attached to an aromatic ring is 1. The molecule has 2 aromatic carbocycles. The highest BCUT2D eigenvalue weighted by molar-refractivity contribution is 9.10.